The largest absolute Gasteiger partial charge is 0.425 e. The molecule has 3 aromatic carbocycles. The Hall–Kier alpha value is -2.95. The Balaban J connectivity index is 0.00000325. The van der Waals surface area contributed by atoms with Crippen LogP contribution in [-0.4, -0.2) is 5.97 Å². The zero-order valence-corrected chi connectivity index (χ0v) is 29.0. The maximum atomic E-state index is 13.2. The molecule has 1 atom stereocenters. The van der Waals surface area contributed by atoms with Crippen molar-refractivity contribution in [2.45, 2.75) is 141 Å². The maximum Gasteiger partial charge on any atom is 0.340 e. The van der Waals surface area contributed by atoms with Crippen LogP contribution in [0.4, 0.5) is 0 Å². The minimum atomic E-state index is -0.960. The second-order valence-corrected chi connectivity index (χ2v) is 14.3. The number of benzene rings is 3. The van der Waals surface area contributed by atoms with Crippen molar-refractivity contribution in [2.24, 2.45) is 11.8 Å². The number of carbonyl (C=O) groups excluding carboxylic acids is 1. The number of esters is 1. The van der Waals surface area contributed by atoms with E-state index in [0.29, 0.717) is 17.4 Å². The van der Waals surface area contributed by atoms with Gasteiger partial charge in [-0.2, -0.15) is 4.89 Å². The topological polar surface area (TPSA) is 44.8 Å². The molecule has 0 bridgehead atoms. The van der Waals surface area contributed by atoms with E-state index >= 15 is 0 Å². The van der Waals surface area contributed by atoms with Crippen molar-refractivity contribution in [3.05, 3.63) is 107 Å². The highest BCUT2D eigenvalue weighted by Crippen LogP contribution is 2.39. The fourth-order valence-corrected chi connectivity index (χ4v) is 7.79. The molecule has 5 rings (SSSR count). The van der Waals surface area contributed by atoms with Crippen LogP contribution in [0.25, 0.3) is 0 Å². The Bertz CT molecular complexity index is 1300. The summed E-state index contributed by atoms with van der Waals surface area (Å²) < 4.78 is 5.86. The van der Waals surface area contributed by atoms with Gasteiger partial charge in [-0.05, 0) is 104 Å². The van der Waals surface area contributed by atoms with Crippen LogP contribution in [0.1, 0.15) is 170 Å². The number of unbranched alkanes of at least 4 members (excludes halogenated alkanes) is 4. The van der Waals surface area contributed by atoms with Gasteiger partial charge in [-0.25, -0.2) is 9.68 Å². The van der Waals surface area contributed by atoms with E-state index in [1.165, 1.54) is 114 Å². The zero-order chi connectivity index (χ0) is 32.7. The summed E-state index contributed by atoms with van der Waals surface area (Å²) in [7, 11) is 0. The SMILES string of the molecule is CCCCCC1CCC(c2ccc(COOC(OC(=O)c3ccc(C4CCC(CCCCC)CC4)cc3)c3ccccc3)cc2)CC1.[HH].[HH]. The van der Waals surface area contributed by atoms with Crippen molar-refractivity contribution in [1.29, 1.82) is 0 Å². The summed E-state index contributed by atoms with van der Waals surface area (Å²) in [5.41, 5.74) is 5.05. The van der Waals surface area contributed by atoms with E-state index in [9.17, 15) is 4.79 Å². The molecule has 4 heteroatoms. The summed E-state index contributed by atoms with van der Waals surface area (Å²) in [6.45, 7) is 4.84. The van der Waals surface area contributed by atoms with Crippen LogP contribution in [-0.2, 0) is 21.1 Å². The fourth-order valence-electron chi connectivity index (χ4n) is 7.79. The van der Waals surface area contributed by atoms with Gasteiger partial charge < -0.3 is 4.74 Å². The summed E-state index contributed by atoms with van der Waals surface area (Å²) >= 11 is 0. The van der Waals surface area contributed by atoms with Crippen LogP contribution in [0.3, 0.4) is 0 Å². The molecule has 0 radical (unpaired) electrons. The van der Waals surface area contributed by atoms with Gasteiger partial charge in [-0.15, -0.1) is 0 Å². The lowest BCUT2D eigenvalue weighted by molar-refractivity contribution is -0.379. The highest BCUT2D eigenvalue weighted by molar-refractivity contribution is 5.89. The van der Waals surface area contributed by atoms with Gasteiger partial charge in [0.25, 0.3) is 6.29 Å². The Morgan fingerprint density at radius 3 is 1.68 bits per heavy atom. The van der Waals surface area contributed by atoms with Crippen molar-refractivity contribution in [3.63, 3.8) is 0 Å². The molecule has 2 fully saturated rings. The van der Waals surface area contributed by atoms with Gasteiger partial charge in [0.05, 0.1) is 5.56 Å². The molecule has 2 aliphatic rings. The van der Waals surface area contributed by atoms with Gasteiger partial charge in [0.15, 0.2) is 0 Å². The predicted octanol–water partition coefficient (Wildman–Crippen LogP) is 12.9. The molecule has 0 aliphatic heterocycles. The molecule has 47 heavy (non-hydrogen) atoms. The first-order valence-electron chi connectivity index (χ1n) is 18.9. The molecule has 0 amide bonds. The van der Waals surface area contributed by atoms with Gasteiger partial charge in [0.2, 0.25) is 0 Å². The molecule has 0 spiro atoms. The lowest BCUT2D eigenvalue weighted by atomic mass is 9.77. The summed E-state index contributed by atoms with van der Waals surface area (Å²) in [5, 5.41) is 0. The molecule has 2 aliphatic carbocycles. The number of hydrogen-bond acceptors (Lipinski definition) is 4. The van der Waals surface area contributed by atoms with Crippen LogP contribution in [0.5, 0.6) is 0 Å². The minimum Gasteiger partial charge on any atom is -0.425 e. The average molecular weight is 643 g/mol. The van der Waals surface area contributed by atoms with Crippen molar-refractivity contribution >= 4 is 5.97 Å². The van der Waals surface area contributed by atoms with Crippen molar-refractivity contribution in [3.8, 4) is 0 Å². The molecule has 0 saturated heterocycles. The normalized spacial score (nSPS) is 22.1. The van der Waals surface area contributed by atoms with Gasteiger partial charge in [-0.3, -0.25) is 0 Å². The first-order valence-corrected chi connectivity index (χ1v) is 18.9. The van der Waals surface area contributed by atoms with Crippen LogP contribution in [0.2, 0.25) is 0 Å². The highest BCUT2D eigenvalue weighted by Gasteiger charge is 2.25. The predicted molar refractivity (Wildman–Crippen MR) is 195 cm³/mol. The summed E-state index contributed by atoms with van der Waals surface area (Å²) in [6.07, 6.45) is 20.3. The van der Waals surface area contributed by atoms with E-state index in [1.807, 2.05) is 42.5 Å². The summed E-state index contributed by atoms with van der Waals surface area (Å²) in [5.74, 6) is 2.63. The van der Waals surface area contributed by atoms with Crippen LogP contribution in [0, 0.1) is 11.8 Å². The Labute approximate surface area is 287 Å². The van der Waals surface area contributed by atoms with Crippen LogP contribution < -0.4 is 0 Å². The number of ether oxygens (including phenoxy) is 1. The molecular formula is C43H62O4. The molecule has 258 valence electrons. The Morgan fingerprint density at radius 1 is 0.660 bits per heavy atom. The van der Waals surface area contributed by atoms with Crippen molar-refractivity contribution in [1.82, 2.24) is 0 Å². The first kappa shape index (κ1) is 35.4. The lowest BCUT2D eigenvalue weighted by Crippen LogP contribution is -2.16. The Morgan fingerprint density at radius 2 is 1.17 bits per heavy atom. The third kappa shape index (κ3) is 11.0. The van der Waals surface area contributed by atoms with E-state index in [0.717, 1.165) is 23.0 Å². The van der Waals surface area contributed by atoms with Crippen LogP contribution >= 0.6 is 0 Å². The zero-order valence-electron chi connectivity index (χ0n) is 29.0. The van der Waals surface area contributed by atoms with Gasteiger partial charge in [0, 0.05) is 8.42 Å². The fraction of sp³-hybridized carbons (Fsp3) is 0.558. The van der Waals surface area contributed by atoms with Crippen LogP contribution in [0.15, 0.2) is 78.9 Å². The average Bonchev–Trinajstić information content (AvgIpc) is 3.13. The van der Waals surface area contributed by atoms with E-state index in [-0.39, 0.29) is 9.46 Å². The molecule has 0 aromatic heterocycles. The van der Waals surface area contributed by atoms with Gasteiger partial charge in [0.1, 0.15) is 6.61 Å². The van der Waals surface area contributed by atoms with E-state index in [1.54, 1.807) is 0 Å². The third-order valence-corrected chi connectivity index (χ3v) is 10.9. The minimum absolute atomic E-state index is 0. The smallest absolute Gasteiger partial charge is 0.340 e. The first-order chi connectivity index (χ1) is 23.1. The highest BCUT2D eigenvalue weighted by atomic mass is 17.2. The number of rotatable bonds is 17. The van der Waals surface area contributed by atoms with E-state index < -0.39 is 12.3 Å². The molecule has 2 saturated carbocycles. The maximum absolute atomic E-state index is 13.2. The molecule has 3 aromatic rings. The van der Waals surface area contributed by atoms with Crippen molar-refractivity contribution in [2.75, 3.05) is 0 Å². The summed E-state index contributed by atoms with van der Waals surface area (Å²) in [4.78, 5) is 24.7. The molecule has 1 unspecified atom stereocenters. The third-order valence-electron chi connectivity index (χ3n) is 10.9. The number of hydrogen-bond donors (Lipinski definition) is 0. The van der Waals surface area contributed by atoms with Crippen molar-refractivity contribution < 1.29 is 22.2 Å². The quantitative estimate of drug-likeness (QED) is 0.0483. The lowest BCUT2D eigenvalue weighted by Gasteiger charge is -2.29. The second-order valence-electron chi connectivity index (χ2n) is 14.3. The van der Waals surface area contributed by atoms with Gasteiger partial charge in [-0.1, -0.05) is 132 Å². The molecule has 0 N–H and O–H groups in total. The molecular weight excluding hydrogens is 580 g/mol. The Kier molecular flexibility index (Phi) is 14.4. The molecule has 0 heterocycles. The van der Waals surface area contributed by atoms with E-state index in [4.69, 9.17) is 14.5 Å². The summed E-state index contributed by atoms with van der Waals surface area (Å²) in [6, 6.07) is 26.3. The second kappa shape index (κ2) is 19.1. The standard InChI is InChI=1S/C43H58O4.2H2/c1-3-5-8-12-33-16-22-36(23-17-33)38-26-20-35(21-27-38)32-45-47-43(41-14-10-7-11-15-41)46-42(44)40-30-28-39(29-31-40)37-24-18-34(19-25-37)13-9-6-4-2;;/h7,10-11,14-15,20-21,26-31,33-34,36-37,43H,3-6,8-9,12-13,16-19,22-25,32H2,1-2H3;2*1H. The van der Waals surface area contributed by atoms with Gasteiger partial charge >= 0.3 is 5.97 Å². The number of carbonyl (C=O) groups is 1. The molecule has 4 nitrogen and oxygen atoms in total. The van der Waals surface area contributed by atoms with E-state index in [2.05, 4.69) is 50.2 Å². The monoisotopic (exact) mass is 642 g/mol.